The molecule has 0 aliphatic carbocycles. The SMILES string of the molecule is CCNC(=O)CN(CC)Cc1c(C)cc(C)c(C(C)=O)c1C. The van der Waals surface area contributed by atoms with E-state index in [1.807, 2.05) is 27.7 Å². The molecule has 4 heteroatoms. The second-order valence-corrected chi connectivity index (χ2v) is 5.80. The highest BCUT2D eigenvalue weighted by atomic mass is 16.2. The van der Waals surface area contributed by atoms with E-state index in [1.165, 1.54) is 5.56 Å². The largest absolute Gasteiger partial charge is 0.355 e. The molecule has 0 unspecified atom stereocenters. The molecule has 4 nitrogen and oxygen atoms in total. The maximum absolute atomic E-state index is 11.9. The van der Waals surface area contributed by atoms with Gasteiger partial charge in [0.25, 0.3) is 0 Å². The molecule has 1 aromatic rings. The molecule has 0 spiro atoms. The average molecular weight is 304 g/mol. The van der Waals surface area contributed by atoms with E-state index in [1.54, 1.807) is 6.92 Å². The zero-order valence-electron chi connectivity index (χ0n) is 14.7. The highest BCUT2D eigenvalue weighted by molar-refractivity contribution is 5.97. The lowest BCUT2D eigenvalue weighted by Crippen LogP contribution is -2.37. The van der Waals surface area contributed by atoms with Gasteiger partial charge in [-0.15, -0.1) is 0 Å². The first-order valence-corrected chi connectivity index (χ1v) is 7.91. The van der Waals surface area contributed by atoms with E-state index in [4.69, 9.17) is 0 Å². The number of carbonyl (C=O) groups excluding carboxylic acids is 2. The fraction of sp³-hybridized carbons (Fsp3) is 0.556. The third kappa shape index (κ3) is 4.41. The summed E-state index contributed by atoms with van der Waals surface area (Å²) >= 11 is 0. The number of rotatable bonds is 7. The number of aryl methyl sites for hydroxylation is 2. The lowest BCUT2D eigenvalue weighted by Gasteiger charge is -2.23. The summed E-state index contributed by atoms with van der Waals surface area (Å²) in [4.78, 5) is 25.8. The Morgan fingerprint density at radius 2 is 1.77 bits per heavy atom. The van der Waals surface area contributed by atoms with Crippen molar-refractivity contribution in [3.63, 3.8) is 0 Å². The average Bonchev–Trinajstić information content (AvgIpc) is 2.41. The minimum Gasteiger partial charge on any atom is -0.355 e. The van der Waals surface area contributed by atoms with Crippen LogP contribution in [0.25, 0.3) is 0 Å². The van der Waals surface area contributed by atoms with Crippen molar-refractivity contribution in [1.82, 2.24) is 10.2 Å². The quantitative estimate of drug-likeness (QED) is 0.788. The van der Waals surface area contributed by atoms with Crippen molar-refractivity contribution >= 4 is 11.7 Å². The van der Waals surface area contributed by atoms with Gasteiger partial charge in [0.05, 0.1) is 6.54 Å². The number of hydrogen-bond acceptors (Lipinski definition) is 3. The van der Waals surface area contributed by atoms with Crippen LogP contribution in [-0.4, -0.2) is 36.2 Å². The van der Waals surface area contributed by atoms with Crippen LogP contribution in [0.2, 0.25) is 0 Å². The molecule has 0 fully saturated rings. The van der Waals surface area contributed by atoms with Crippen LogP contribution in [0.1, 0.15) is 53.4 Å². The number of likely N-dealkylation sites (N-methyl/N-ethyl adjacent to an activating group) is 2. The lowest BCUT2D eigenvalue weighted by atomic mass is 9.91. The Balaban J connectivity index is 3.08. The van der Waals surface area contributed by atoms with Crippen molar-refractivity contribution in [2.24, 2.45) is 0 Å². The highest BCUT2D eigenvalue weighted by Crippen LogP contribution is 2.24. The van der Waals surface area contributed by atoms with Crippen LogP contribution >= 0.6 is 0 Å². The molecule has 0 radical (unpaired) electrons. The molecule has 0 saturated heterocycles. The summed E-state index contributed by atoms with van der Waals surface area (Å²) in [6, 6.07) is 2.07. The van der Waals surface area contributed by atoms with Crippen molar-refractivity contribution < 1.29 is 9.59 Å². The molecule has 0 atom stereocenters. The molecule has 0 aromatic heterocycles. The van der Waals surface area contributed by atoms with Gasteiger partial charge in [-0.25, -0.2) is 0 Å². The topological polar surface area (TPSA) is 49.4 Å². The zero-order valence-corrected chi connectivity index (χ0v) is 14.7. The summed E-state index contributed by atoms with van der Waals surface area (Å²) < 4.78 is 0. The standard InChI is InChI=1S/C18H28N2O2/c1-7-19-17(22)11-20(8-2)10-16-12(3)9-13(4)18(14(16)5)15(6)21/h9H,7-8,10-11H2,1-6H3,(H,19,22). The highest BCUT2D eigenvalue weighted by Gasteiger charge is 2.17. The third-order valence-electron chi connectivity index (χ3n) is 4.05. The van der Waals surface area contributed by atoms with Gasteiger partial charge in [-0.1, -0.05) is 13.0 Å². The molecule has 122 valence electrons. The second kappa shape index (κ2) is 8.08. The van der Waals surface area contributed by atoms with Crippen molar-refractivity contribution in [3.05, 3.63) is 33.9 Å². The van der Waals surface area contributed by atoms with Gasteiger partial charge in [0.1, 0.15) is 0 Å². The Labute approximate surface area is 133 Å². The monoisotopic (exact) mass is 304 g/mol. The summed E-state index contributed by atoms with van der Waals surface area (Å²) in [7, 11) is 0. The minimum atomic E-state index is 0.0403. The fourth-order valence-electron chi connectivity index (χ4n) is 2.97. The van der Waals surface area contributed by atoms with Gasteiger partial charge in [0, 0.05) is 18.7 Å². The predicted octanol–water partition coefficient (Wildman–Crippen LogP) is 2.77. The summed E-state index contributed by atoms with van der Waals surface area (Å²) in [5.41, 5.74) is 5.21. The number of nitrogens with zero attached hydrogens (tertiary/aromatic N) is 1. The van der Waals surface area contributed by atoms with E-state index in [0.717, 1.165) is 28.8 Å². The molecule has 22 heavy (non-hydrogen) atoms. The molecule has 0 aliphatic rings. The molecule has 1 N–H and O–H groups in total. The van der Waals surface area contributed by atoms with E-state index in [0.29, 0.717) is 19.6 Å². The number of carbonyl (C=O) groups is 2. The Morgan fingerprint density at radius 1 is 1.14 bits per heavy atom. The van der Waals surface area contributed by atoms with Gasteiger partial charge in [-0.05, 0) is 63.4 Å². The Hall–Kier alpha value is -1.68. The lowest BCUT2D eigenvalue weighted by molar-refractivity contribution is -0.122. The van der Waals surface area contributed by atoms with E-state index >= 15 is 0 Å². The Bertz CT molecular complexity index is 565. The van der Waals surface area contributed by atoms with Crippen LogP contribution in [0, 0.1) is 20.8 Å². The van der Waals surface area contributed by atoms with Gasteiger partial charge >= 0.3 is 0 Å². The maximum Gasteiger partial charge on any atom is 0.234 e. The maximum atomic E-state index is 11.9. The minimum absolute atomic E-state index is 0.0403. The molecule has 0 heterocycles. The van der Waals surface area contributed by atoms with E-state index < -0.39 is 0 Å². The van der Waals surface area contributed by atoms with Crippen molar-refractivity contribution in [1.29, 1.82) is 0 Å². The first-order chi connectivity index (χ1) is 10.3. The van der Waals surface area contributed by atoms with Crippen molar-refractivity contribution in [3.8, 4) is 0 Å². The van der Waals surface area contributed by atoms with Gasteiger partial charge in [0.15, 0.2) is 5.78 Å². The third-order valence-corrected chi connectivity index (χ3v) is 4.05. The van der Waals surface area contributed by atoms with Crippen LogP contribution in [0.15, 0.2) is 6.07 Å². The summed E-state index contributed by atoms with van der Waals surface area (Å²) in [5.74, 6) is 0.140. The Morgan fingerprint density at radius 3 is 2.27 bits per heavy atom. The molecule has 0 bridgehead atoms. The molecule has 0 aliphatic heterocycles. The molecular formula is C18H28N2O2. The van der Waals surface area contributed by atoms with Crippen LogP contribution < -0.4 is 5.32 Å². The number of hydrogen-bond donors (Lipinski definition) is 1. The first kappa shape index (κ1) is 18.4. The number of ketones is 1. The van der Waals surface area contributed by atoms with Crippen LogP contribution in [0.5, 0.6) is 0 Å². The van der Waals surface area contributed by atoms with Crippen LogP contribution in [0.3, 0.4) is 0 Å². The van der Waals surface area contributed by atoms with Gasteiger partial charge in [-0.2, -0.15) is 0 Å². The molecule has 1 amide bonds. The van der Waals surface area contributed by atoms with E-state index in [-0.39, 0.29) is 11.7 Å². The normalized spacial score (nSPS) is 10.9. The number of benzene rings is 1. The molecular weight excluding hydrogens is 276 g/mol. The smallest absolute Gasteiger partial charge is 0.234 e. The van der Waals surface area contributed by atoms with E-state index in [9.17, 15) is 9.59 Å². The molecule has 1 aromatic carbocycles. The number of Topliss-reactive ketones (excluding diaryl/α,β-unsaturated/α-hetero) is 1. The van der Waals surface area contributed by atoms with Crippen molar-refractivity contribution in [2.45, 2.75) is 48.1 Å². The zero-order chi connectivity index (χ0) is 16.9. The predicted molar refractivity (Wildman–Crippen MR) is 90.3 cm³/mol. The van der Waals surface area contributed by atoms with Gasteiger partial charge in [-0.3, -0.25) is 14.5 Å². The summed E-state index contributed by atoms with van der Waals surface area (Å²) in [6.45, 7) is 14.1. The van der Waals surface area contributed by atoms with Gasteiger partial charge in [0.2, 0.25) is 5.91 Å². The molecule has 0 saturated carbocycles. The summed E-state index contributed by atoms with van der Waals surface area (Å²) in [5, 5.41) is 2.83. The first-order valence-electron chi connectivity index (χ1n) is 7.91. The number of nitrogens with one attached hydrogen (secondary N) is 1. The van der Waals surface area contributed by atoms with E-state index in [2.05, 4.69) is 23.2 Å². The Kier molecular flexibility index (Phi) is 6.75. The second-order valence-electron chi connectivity index (χ2n) is 5.80. The fourth-order valence-corrected chi connectivity index (χ4v) is 2.97. The number of amides is 1. The van der Waals surface area contributed by atoms with Crippen molar-refractivity contribution in [2.75, 3.05) is 19.6 Å². The summed E-state index contributed by atoms with van der Waals surface area (Å²) in [6.07, 6.45) is 0. The molecule has 1 rings (SSSR count). The van der Waals surface area contributed by atoms with Gasteiger partial charge < -0.3 is 5.32 Å². The van der Waals surface area contributed by atoms with Crippen LogP contribution in [-0.2, 0) is 11.3 Å². The van der Waals surface area contributed by atoms with Crippen LogP contribution in [0.4, 0.5) is 0 Å².